The van der Waals surface area contributed by atoms with Crippen LogP contribution in [-0.2, 0) is 4.79 Å². The molecule has 30 heavy (non-hydrogen) atoms. The van der Waals surface area contributed by atoms with Crippen molar-refractivity contribution in [3.63, 3.8) is 0 Å². The highest BCUT2D eigenvalue weighted by molar-refractivity contribution is 5.78. The van der Waals surface area contributed by atoms with Crippen molar-refractivity contribution < 1.29 is 14.1 Å². The zero-order valence-corrected chi connectivity index (χ0v) is 17.7. The van der Waals surface area contributed by atoms with Crippen molar-refractivity contribution >= 4 is 11.9 Å². The van der Waals surface area contributed by atoms with Crippen LogP contribution < -0.4 is 15.0 Å². The van der Waals surface area contributed by atoms with E-state index in [0.717, 1.165) is 56.8 Å². The van der Waals surface area contributed by atoms with E-state index >= 15 is 0 Å². The number of nitrogens with zero attached hydrogens (tertiary/aromatic N) is 4. The van der Waals surface area contributed by atoms with Gasteiger partial charge in [0.15, 0.2) is 0 Å². The molecule has 3 heterocycles. The van der Waals surface area contributed by atoms with Crippen LogP contribution in [0.15, 0.2) is 28.8 Å². The van der Waals surface area contributed by atoms with Gasteiger partial charge in [-0.3, -0.25) is 4.79 Å². The third kappa shape index (κ3) is 5.11. The van der Waals surface area contributed by atoms with Crippen LogP contribution in [0.1, 0.15) is 32.1 Å². The van der Waals surface area contributed by atoms with E-state index in [1.54, 1.807) is 7.11 Å². The quantitative estimate of drug-likeness (QED) is 0.666. The molecule has 0 bridgehead atoms. The van der Waals surface area contributed by atoms with Crippen LogP contribution in [0, 0.1) is 5.92 Å². The molecule has 0 atom stereocenters. The van der Waals surface area contributed by atoms with Gasteiger partial charge in [-0.2, -0.15) is 4.98 Å². The van der Waals surface area contributed by atoms with Gasteiger partial charge in [0, 0.05) is 31.1 Å². The molecular formula is C22H31N5O3. The van der Waals surface area contributed by atoms with Gasteiger partial charge in [0.25, 0.3) is 0 Å². The summed E-state index contributed by atoms with van der Waals surface area (Å²) in [5, 5.41) is 7.22. The number of benzene rings is 1. The molecule has 2 fully saturated rings. The van der Waals surface area contributed by atoms with Gasteiger partial charge in [0.05, 0.1) is 7.11 Å². The normalized spacial score (nSPS) is 18.0. The molecule has 0 spiro atoms. The van der Waals surface area contributed by atoms with Crippen molar-refractivity contribution in [3.8, 4) is 17.1 Å². The fraction of sp³-hybridized carbons (Fsp3) is 0.591. The number of hydrogen-bond donors (Lipinski definition) is 1. The van der Waals surface area contributed by atoms with E-state index in [1.807, 2.05) is 24.3 Å². The minimum atomic E-state index is 0.0667. The van der Waals surface area contributed by atoms with Crippen molar-refractivity contribution in [1.29, 1.82) is 0 Å². The Balaban J connectivity index is 1.21. The number of ether oxygens (including phenoxy) is 1. The van der Waals surface area contributed by atoms with E-state index < -0.39 is 0 Å². The number of rotatable bonds is 8. The topological polar surface area (TPSA) is 83.7 Å². The maximum Gasteiger partial charge on any atom is 0.324 e. The average Bonchev–Trinajstić information content (AvgIpc) is 3.49. The minimum Gasteiger partial charge on any atom is -0.497 e. The number of likely N-dealkylation sites (tertiary alicyclic amines) is 1. The second kappa shape index (κ2) is 9.93. The van der Waals surface area contributed by atoms with E-state index in [1.165, 1.54) is 25.9 Å². The highest BCUT2D eigenvalue weighted by atomic mass is 16.5. The number of methoxy groups -OCH3 is 1. The van der Waals surface area contributed by atoms with Crippen molar-refractivity contribution in [3.05, 3.63) is 24.3 Å². The molecule has 0 aliphatic carbocycles. The summed E-state index contributed by atoms with van der Waals surface area (Å²) in [7, 11) is 1.64. The molecule has 2 aliphatic heterocycles. The van der Waals surface area contributed by atoms with E-state index in [0.29, 0.717) is 11.8 Å². The molecule has 1 amide bonds. The Bertz CT molecular complexity index is 808. The number of carbonyl (C=O) groups excluding carboxylic acids is 1. The summed E-state index contributed by atoms with van der Waals surface area (Å²) >= 11 is 0. The van der Waals surface area contributed by atoms with Gasteiger partial charge in [0.1, 0.15) is 5.75 Å². The lowest BCUT2D eigenvalue weighted by Gasteiger charge is -2.29. The van der Waals surface area contributed by atoms with Crippen LogP contribution in [0.4, 0.5) is 6.01 Å². The summed E-state index contributed by atoms with van der Waals surface area (Å²) in [4.78, 5) is 21.6. The van der Waals surface area contributed by atoms with Gasteiger partial charge in [-0.25, -0.2) is 0 Å². The highest BCUT2D eigenvalue weighted by Gasteiger charge is 2.27. The molecule has 4 rings (SSSR count). The summed E-state index contributed by atoms with van der Waals surface area (Å²) in [5.74, 6) is 1.60. The van der Waals surface area contributed by atoms with Gasteiger partial charge < -0.3 is 24.4 Å². The molecule has 162 valence electrons. The Morgan fingerprint density at radius 3 is 2.60 bits per heavy atom. The van der Waals surface area contributed by atoms with Crippen molar-refractivity contribution in [2.75, 3.05) is 51.3 Å². The van der Waals surface area contributed by atoms with Crippen molar-refractivity contribution in [2.24, 2.45) is 5.92 Å². The molecule has 1 aromatic carbocycles. The third-order valence-corrected chi connectivity index (χ3v) is 6.05. The first-order valence-electron chi connectivity index (χ1n) is 11.0. The Morgan fingerprint density at radius 2 is 1.90 bits per heavy atom. The molecule has 2 aliphatic rings. The van der Waals surface area contributed by atoms with Gasteiger partial charge in [-0.15, -0.1) is 0 Å². The van der Waals surface area contributed by atoms with Crippen LogP contribution >= 0.6 is 0 Å². The van der Waals surface area contributed by atoms with Gasteiger partial charge >= 0.3 is 6.01 Å². The van der Waals surface area contributed by atoms with Crippen LogP contribution in [-0.4, -0.2) is 67.3 Å². The second-order valence-corrected chi connectivity index (χ2v) is 8.08. The molecule has 1 aromatic heterocycles. The molecule has 8 heteroatoms. The monoisotopic (exact) mass is 413 g/mol. The Hall–Kier alpha value is -2.61. The first-order valence-corrected chi connectivity index (χ1v) is 11.0. The number of nitrogens with one attached hydrogen (secondary N) is 1. The molecule has 1 N–H and O–H groups in total. The summed E-state index contributed by atoms with van der Waals surface area (Å²) in [5.41, 5.74) is 0.883. The molecule has 0 unspecified atom stereocenters. The predicted molar refractivity (Wildman–Crippen MR) is 115 cm³/mol. The van der Waals surface area contributed by atoms with E-state index in [4.69, 9.17) is 9.26 Å². The standard InChI is InChI=1S/C22H31N5O3/c1-29-19-7-5-17(6-8-19)20-24-22(30-25-20)27-15-9-18(10-16-27)21(28)23-11-4-14-26-12-2-3-13-26/h5-8,18H,2-4,9-16H2,1H3,(H,23,28). The lowest BCUT2D eigenvalue weighted by molar-refractivity contribution is -0.125. The maximum atomic E-state index is 12.5. The van der Waals surface area contributed by atoms with Crippen molar-refractivity contribution in [2.45, 2.75) is 32.1 Å². The average molecular weight is 414 g/mol. The molecule has 0 saturated carbocycles. The summed E-state index contributed by atoms with van der Waals surface area (Å²) in [6.45, 7) is 5.77. The van der Waals surface area contributed by atoms with E-state index in [-0.39, 0.29) is 11.8 Å². The van der Waals surface area contributed by atoms with Gasteiger partial charge in [-0.05, 0) is 76.0 Å². The van der Waals surface area contributed by atoms with E-state index in [2.05, 4.69) is 25.3 Å². The lowest BCUT2D eigenvalue weighted by Crippen LogP contribution is -2.41. The molecule has 2 aromatic rings. The lowest BCUT2D eigenvalue weighted by atomic mass is 9.96. The first kappa shape index (κ1) is 20.7. The van der Waals surface area contributed by atoms with Crippen molar-refractivity contribution in [1.82, 2.24) is 20.4 Å². The Labute approximate surface area is 177 Å². The highest BCUT2D eigenvalue weighted by Crippen LogP contribution is 2.25. The molecular weight excluding hydrogens is 382 g/mol. The largest absolute Gasteiger partial charge is 0.497 e. The summed E-state index contributed by atoms with van der Waals surface area (Å²) < 4.78 is 10.6. The van der Waals surface area contributed by atoms with Crippen LogP contribution in [0.25, 0.3) is 11.4 Å². The zero-order valence-electron chi connectivity index (χ0n) is 17.7. The van der Waals surface area contributed by atoms with Crippen LogP contribution in [0.2, 0.25) is 0 Å². The zero-order chi connectivity index (χ0) is 20.8. The Kier molecular flexibility index (Phi) is 6.84. The summed E-state index contributed by atoms with van der Waals surface area (Å²) in [6, 6.07) is 8.09. The molecule has 2 saturated heterocycles. The number of hydrogen-bond acceptors (Lipinski definition) is 7. The van der Waals surface area contributed by atoms with Crippen LogP contribution in [0.3, 0.4) is 0 Å². The third-order valence-electron chi connectivity index (χ3n) is 6.05. The smallest absolute Gasteiger partial charge is 0.324 e. The number of carbonyl (C=O) groups is 1. The number of piperidine rings is 1. The predicted octanol–water partition coefficient (Wildman–Crippen LogP) is 2.56. The first-order chi connectivity index (χ1) is 14.7. The fourth-order valence-electron chi connectivity index (χ4n) is 4.20. The van der Waals surface area contributed by atoms with Crippen LogP contribution in [0.5, 0.6) is 5.75 Å². The van der Waals surface area contributed by atoms with Gasteiger partial charge in [0.2, 0.25) is 11.7 Å². The number of anilines is 1. The molecule has 0 radical (unpaired) electrons. The molecule has 8 nitrogen and oxygen atoms in total. The second-order valence-electron chi connectivity index (χ2n) is 8.08. The summed E-state index contributed by atoms with van der Waals surface area (Å²) in [6.07, 6.45) is 5.26. The number of aromatic nitrogens is 2. The SMILES string of the molecule is COc1ccc(-c2noc(N3CCC(C(=O)NCCCN4CCCC4)CC3)n2)cc1. The van der Waals surface area contributed by atoms with Gasteiger partial charge in [-0.1, -0.05) is 5.16 Å². The Morgan fingerprint density at radius 1 is 1.17 bits per heavy atom. The minimum absolute atomic E-state index is 0.0667. The maximum absolute atomic E-state index is 12.5. The fourth-order valence-corrected chi connectivity index (χ4v) is 4.20. The number of amides is 1. The van der Waals surface area contributed by atoms with E-state index in [9.17, 15) is 4.79 Å².